The predicted molar refractivity (Wildman–Crippen MR) is 74.5 cm³/mol. The molecule has 4 heteroatoms. The molecule has 0 atom stereocenters. The van der Waals surface area contributed by atoms with Gasteiger partial charge < -0.3 is 4.74 Å². The van der Waals surface area contributed by atoms with Crippen LogP contribution in [0.1, 0.15) is 5.56 Å². The molecule has 17 heavy (non-hydrogen) atoms. The van der Waals surface area contributed by atoms with Gasteiger partial charge in [0, 0.05) is 11.9 Å². The summed E-state index contributed by atoms with van der Waals surface area (Å²) in [5, 5.41) is 1.04. The molecule has 1 aromatic heterocycles. The van der Waals surface area contributed by atoms with Gasteiger partial charge in [-0.1, -0.05) is 12.1 Å². The largest absolute Gasteiger partial charge is 0.496 e. The second kappa shape index (κ2) is 6.07. The molecule has 0 saturated heterocycles. The van der Waals surface area contributed by atoms with Gasteiger partial charge in [-0.3, -0.25) is 0 Å². The maximum absolute atomic E-state index is 5.20. The van der Waals surface area contributed by atoms with Gasteiger partial charge >= 0.3 is 0 Å². The average molecular weight is 310 g/mol. The SMILES string of the molecule is COc1ccc(CSc2ccccn2)cc1Br. The van der Waals surface area contributed by atoms with Crippen LogP contribution < -0.4 is 4.74 Å². The van der Waals surface area contributed by atoms with Crippen LogP contribution in [0.3, 0.4) is 0 Å². The normalized spacial score (nSPS) is 10.2. The van der Waals surface area contributed by atoms with Gasteiger partial charge in [0.05, 0.1) is 16.6 Å². The third-order valence-corrected chi connectivity index (χ3v) is 3.88. The molecule has 1 heterocycles. The van der Waals surface area contributed by atoms with E-state index in [1.165, 1.54) is 5.56 Å². The molecular weight excluding hydrogens is 298 g/mol. The topological polar surface area (TPSA) is 22.1 Å². The lowest BCUT2D eigenvalue weighted by Crippen LogP contribution is -1.87. The van der Waals surface area contributed by atoms with Crippen LogP contribution in [0.15, 0.2) is 52.1 Å². The minimum absolute atomic E-state index is 0.858. The zero-order chi connectivity index (χ0) is 12.1. The van der Waals surface area contributed by atoms with E-state index in [2.05, 4.69) is 33.0 Å². The molecular formula is C13H12BrNOS. The predicted octanol–water partition coefficient (Wildman–Crippen LogP) is 4.15. The van der Waals surface area contributed by atoms with Gasteiger partial charge in [0.15, 0.2) is 0 Å². The van der Waals surface area contributed by atoms with Crippen molar-refractivity contribution in [3.8, 4) is 5.75 Å². The molecule has 0 N–H and O–H groups in total. The lowest BCUT2D eigenvalue weighted by Gasteiger charge is -2.06. The number of methoxy groups -OCH3 is 1. The molecule has 0 unspecified atom stereocenters. The quantitative estimate of drug-likeness (QED) is 0.792. The van der Waals surface area contributed by atoms with Gasteiger partial charge in [0.25, 0.3) is 0 Å². The minimum Gasteiger partial charge on any atom is -0.496 e. The summed E-state index contributed by atoms with van der Waals surface area (Å²) in [6.45, 7) is 0. The first kappa shape index (κ1) is 12.5. The maximum Gasteiger partial charge on any atom is 0.133 e. The van der Waals surface area contributed by atoms with Gasteiger partial charge in [-0.05, 0) is 45.8 Å². The summed E-state index contributed by atoms with van der Waals surface area (Å²) in [7, 11) is 1.67. The van der Waals surface area contributed by atoms with Crippen molar-refractivity contribution in [2.75, 3.05) is 7.11 Å². The Balaban J connectivity index is 2.02. The Hall–Kier alpha value is -1.00. The van der Waals surface area contributed by atoms with Gasteiger partial charge in [-0.15, -0.1) is 11.8 Å². The van der Waals surface area contributed by atoms with Crippen LogP contribution in [0, 0.1) is 0 Å². The van der Waals surface area contributed by atoms with E-state index < -0.39 is 0 Å². The number of hydrogen-bond donors (Lipinski definition) is 0. The van der Waals surface area contributed by atoms with E-state index in [1.54, 1.807) is 18.9 Å². The third kappa shape index (κ3) is 3.48. The summed E-state index contributed by atoms with van der Waals surface area (Å²) in [5.74, 6) is 1.76. The Morgan fingerprint density at radius 3 is 2.82 bits per heavy atom. The molecule has 88 valence electrons. The number of nitrogens with zero attached hydrogens (tertiary/aromatic N) is 1. The summed E-state index contributed by atoms with van der Waals surface area (Å²) < 4.78 is 6.18. The van der Waals surface area contributed by atoms with Crippen LogP contribution in [0.2, 0.25) is 0 Å². The van der Waals surface area contributed by atoms with Gasteiger partial charge in [-0.2, -0.15) is 0 Å². The summed E-state index contributed by atoms with van der Waals surface area (Å²) in [6.07, 6.45) is 1.81. The summed E-state index contributed by atoms with van der Waals surface area (Å²) in [6, 6.07) is 12.1. The Morgan fingerprint density at radius 1 is 1.29 bits per heavy atom. The molecule has 0 aliphatic carbocycles. The summed E-state index contributed by atoms with van der Waals surface area (Å²) in [4.78, 5) is 4.28. The van der Waals surface area contributed by atoms with Crippen LogP contribution in [-0.2, 0) is 5.75 Å². The lowest BCUT2D eigenvalue weighted by atomic mass is 10.2. The number of hydrogen-bond acceptors (Lipinski definition) is 3. The highest BCUT2D eigenvalue weighted by atomic mass is 79.9. The zero-order valence-electron chi connectivity index (χ0n) is 9.39. The fourth-order valence-corrected chi connectivity index (χ4v) is 2.78. The Kier molecular flexibility index (Phi) is 4.45. The minimum atomic E-state index is 0.858. The molecule has 2 nitrogen and oxygen atoms in total. The number of benzene rings is 1. The van der Waals surface area contributed by atoms with E-state index in [-0.39, 0.29) is 0 Å². The van der Waals surface area contributed by atoms with E-state index in [9.17, 15) is 0 Å². The first-order valence-corrected chi connectivity index (χ1v) is 6.93. The van der Waals surface area contributed by atoms with Crippen LogP contribution >= 0.6 is 27.7 Å². The standard InChI is InChI=1S/C13H12BrNOS/c1-16-12-6-5-10(8-11(12)14)9-17-13-4-2-3-7-15-13/h2-8H,9H2,1H3. The molecule has 0 bridgehead atoms. The van der Waals surface area contributed by atoms with Gasteiger partial charge in [0.1, 0.15) is 5.75 Å². The van der Waals surface area contributed by atoms with Crippen molar-refractivity contribution in [1.29, 1.82) is 0 Å². The van der Waals surface area contributed by atoms with E-state index in [4.69, 9.17) is 4.74 Å². The number of thioether (sulfide) groups is 1. The number of rotatable bonds is 4. The molecule has 1 aromatic carbocycles. The van der Waals surface area contributed by atoms with Crippen LogP contribution in [0.5, 0.6) is 5.75 Å². The van der Waals surface area contributed by atoms with Crippen molar-refractivity contribution in [2.24, 2.45) is 0 Å². The highest BCUT2D eigenvalue weighted by Crippen LogP contribution is 2.28. The third-order valence-electron chi connectivity index (χ3n) is 2.24. The number of ether oxygens (including phenoxy) is 1. The van der Waals surface area contributed by atoms with Crippen molar-refractivity contribution in [1.82, 2.24) is 4.98 Å². The fraction of sp³-hybridized carbons (Fsp3) is 0.154. The van der Waals surface area contributed by atoms with E-state index >= 15 is 0 Å². The van der Waals surface area contributed by atoms with E-state index in [0.717, 1.165) is 21.0 Å². The fourth-order valence-electron chi connectivity index (χ4n) is 1.39. The lowest BCUT2D eigenvalue weighted by molar-refractivity contribution is 0.412. The zero-order valence-corrected chi connectivity index (χ0v) is 11.8. The van der Waals surface area contributed by atoms with Crippen LogP contribution in [0.25, 0.3) is 0 Å². The Bertz CT molecular complexity index is 490. The van der Waals surface area contributed by atoms with Crippen molar-refractivity contribution in [2.45, 2.75) is 10.8 Å². The van der Waals surface area contributed by atoms with Crippen molar-refractivity contribution < 1.29 is 4.74 Å². The monoisotopic (exact) mass is 309 g/mol. The molecule has 0 spiro atoms. The first-order valence-electron chi connectivity index (χ1n) is 5.16. The summed E-state index contributed by atoms with van der Waals surface area (Å²) in [5.41, 5.74) is 1.24. The summed E-state index contributed by atoms with van der Waals surface area (Å²) >= 11 is 5.21. The number of halogens is 1. The van der Waals surface area contributed by atoms with Crippen LogP contribution in [0.4, 0.5) is 0 Å². The van der Waals surface area contributed by atoms with Crippen LogP contribution in [-0.4, -0.2) is 12.1 Å². The van der Waals surface area contributed by atoms with Crippen molar-refractivity contribution in [3.63, 3.8) is 0 Å². The van der Waals surface area contributed by atoms with E-state index in [1.807, 2.05) is 30.5 Å². The first-order chi connectivity index (χ1) is 8.29. The highest BCUT2D eigenvalue weighted by Gasteiger charge is 2.02. The number of pyridine rings is 1. The average Bonchev–Trinajstić information content (AvgIpc) is 2.38. The second-order valence-corrected chi connectivity index (χ2v) is 5.28. The van der Waals surface area contributed by atoms with E-state index in [0.29, 0.717) is 0 Å². The van der Waals surface area contributed by atoms with Gasteiger partial charge in [-0.25, -0.2) is 4.98 Å². The number of aromatic nitrogens is 1. The maximum atomic E-state index is 5.20. The van der Waals surface area contributed by atoms with Gasteiger partial charge in [0.2, 0.25) is 0 Å². The smallest absolute Gasteiger partial charge is 0.133 e. The molecule has 0 saturated carbocycles. The molecule has 2 rings (SSSR count). The van der Waals surface area contributed by atoms with Crippen molar-refractivity contribution in [3.05, 3.63) is 52.6 Å². The Morgan fingerprint density at radius 2 is 2.18 bits per heavy atom. The highest BCUT2D eigenvalue weighted by molar-refractivity contribution is 9.10. The molecule has 0 radical (unpaired) electrons. The Labute approximate surface area is 114 Å². The molecule has 2 aromatic rings. The molecule has 0 fully saturated rings. The second-order valence-electron chi connectivity index (χ2n) is 3.43. The molecule has 0 aliphatic rings. The molecule has 0 aliphatic heterocycles. The molecule has 0 amide bonds. The van der Waals surface area contributed by atoms with Crippen molar-refractivity contribution >= 4 is 27.7 Å².